The van der Waals surface area contributed by atoms with Gasteiger partial charge in [-0.15, -0.1) is 0 Å². The lowest BCUT2D eigenvalue weighted by Crippen LogP contribution is -2.20. The van der Waals surface area contributed by atoms with E-state index in [2.05, 4.69) is 26.3 Å². The lowest BCUT2D eigenvalue weighted by atomic mass is 10.2. The highest BCUT2D eigenvalue weighted by Gasteiger charge is 2.11. The van der Waals surface area contributed by atoms with Crippen LogP contribution in [0.3, 0.4) is 0 Å². The third kappa shape index (κ3) is 5.94. The Morgan fingerprint density at radius 1 is 0.774 bits per heavy atom. The summed E-state index contributed by atoms with van der Waals surface area (Å²) in [6.07, 6.45) is 1.36. The highest BCUT2D eigenvalue weighted by Crippen LogP contribution is 2.25. The zero-order valence-electron chi connectivity index (χ0n) is 16.2. The Hall–Kier alpha value is -3.62. The lowest BCUT2D eigenvalue weighted by molar-refractivity contribution is 0.0962. The van der Waals surface area contributed by atoms with Crippen LogP contribution < -0.4 is 21.3 Å². The molecule has 8 nitrogen and oxygen atoms in total. The second-order valence-corrected chi connectivity index (χ2v) is 7.07. The SMILES string of the molecule is CNC(=O)c1ccc(NC(=O)c2cccc(NC(=O)Nc3ccc(Cl)c(Cl)c3)c2)nc1. The Balaban J connectivity index is 1.63. The molecule has 0 saturated heterocycles. The minimum atomic E-state index is -0.512. The van der Waals surface area contributed by atoms with Crippen molar-refractivity contribution in [3.63, 3.8) is 0 Å². The maximum atomic E-state index is 12.5. The standard InChI is InChI=1S/C21H17Cl2N5O3/c1-24-19(29)13-5-8-18(25-11-13)28-20(30)12-3-2-4-14(9-12)26-21(31)27-15-6-7-16(22)17(23)10-15/h2-11H,1H3,(H,24,29)(H,25,28,30)(H2,26,27,31). The van der Waals surface area contributed by atoms with Gasteiger partial charge in [0.15, 0.2) is 0 Å². The van der Waals surface area contributed by atoms with Crippen molar-refractivity contribution >= 4 is 58.2 Å². The van der Waals surface area contributed by atoms with Gasteiger partial charge in [0.05, 0.1) is 15.6 Å². The quantitative estimate of drug-likeness (QED) is 0.446. The van der Waals surface area contributed by atoms with Crippen molar-refractivity contribution < 1.29 is 14.4 Å². The van der Waals surface area contributed by atoms with Gasteiger partial charge in [0.25, 0.3) is 11.8 Å². The molecule has 0 fully saturated rings. The molecule has 31 heavy (non-hydrogen) atoms. The van der Waals surface area contributed by atoms with Gasteiger partial charge in [0, 0.05) is 30.2 Å². The molecule has 0 atom stereocenters. The van der Waals surface area contributed by atoms with Crippen molar-refractivity contribution in [3.05, 3.63) is 82.0 Å². The van der Waals surface area contributed by atoms with E-state index in [4.69, 9.17) is 23.2 Å². The number of carbonyl (C=O) groups excluding carboxylic acids is 3. The fraction of sp³-hybridized carbons (Fsp3) is 0.0476. The highest BCUT2D eigenvalue weighted by molar-refractivity contribution is 6.42. The number of halogens is 2. The van der Waals surface area contributed by atoms with Crippen molar-refractivity contribution in [2.24, 2.45) is 0 Å². The molecule has 4 N–H and O–H groups in total. The summed E-state index contributed by atoms with van der Waals surface area (Å²) >= 11 is 11.8. The van der Waals surface area contributed by atoms with Gasteiger partial charge >= 0.3 is 6.03 Å². The second kappa shape index (κ2) is 9.92. The molecule has 0 saturated carbocycles. The third-order valence-electron chi connectivity index (χ3n) is 4.05. The summed E-state index contributed by atoms with van der Waals surface area (Å²) in [6.45, 7) is 0. The fourth-order valence-electron chi connectivity index (χ4n) is 2.54. The zero-order chi connectivity index (χ0) is 22.4. The maximum absolute atomic E-state index is 12.5. The summed E-state index contributed by atoms with van der Waals surface area (Å²) in [5, 5.41) is 11.1. The number of rotatable bonds is 5. The predicted octanol–water partition coefficient (Wildman–Crippen LogP) is 4.64. The van der Waals surface area contributed by atoms with Crippen LogP contribution in [0, 0.1) is 0 Å². The van der Waals surface area contributed by atoms with Gasteiger partial charge in [-0.3, -0.25) is 9.59 Å². The molecule has 3 rings (SSSR count). The summed E-state index contributed by atoms with van der Waals surface area (Å²) in [4.78, 5) is 40.3. The maximum Gasteiger partial charge on any atom is 0.323 e. The first kappa shape index (κ1) is 22.1. The molecule has 1 aromatic heterocycles. The van der Waals surface area contributed by atoms with E-state index in [1.54, 1.807) is 36.4 Å². The Kier molecular flexibility index (Phi) is 7.07. The van der Waals surface area contributed by atoms with Gasteiger partial charge in [-0.1, -0.05) is 29.3 Å². The largest absolute Gasteiger partial charge is 0.355 e. The molecule has 4 amide bonds. The fourth-order valence-corrected chi connectivity index (χ4v) is 2.84. The number of hydrogen-bond acceptors (Lipinski definition) is 4. The first-order valence-corrected chi connectivity index (χ1v) is 9.74. The molecule has 0 unspecified atom stereocenters. The number of nitrogens with one attached hydrogen (secondary N) is 4. The van der Waals surface area contributed by atoms with Crippen molar-refractivity contribution in [3.8, 4) is 0 Å². The smallest absolute Gasteiger partial charge is 0.323 e. The summed E-state index contributed by atoms with van der Waals surface area (Å²) in [5.41, 5.74) is 1.56. The average Bonchev–Trinajstić information content (AvgIpc) is 2.76. The Morgan fingerprint density at radius 2 is 1.52 bits per heavy atom. The number of benzene rings is 2. The third-order valence-corrected chi connectivity index (χ3v) is 4.79. The van der Waals surface area contributed by atoms with E-state index in [1.165, 1.54) is 31.4 Å². The number of nitrogens with zero attached hydrogens (tertiary/aromatic N) is 1. The monoisotopic (exact) mass is 457 g/mol. The van der Waals surface area contributed by atoms with E-state index in [9.17, 15) is 14.4 Å². The lowest BCUT2D eigenvalue weighted by Gasteiger charge is -2.10. The van der Waals surface area contributed by atoms with E-state index < -0.39 is 11.9 Å². The van der Waals surface area contributed by atoms with Crippen LogP contribution in [-0.4, -0.2) is 29.9 Å². The molecule has 3 aromatic rings. The Morgan fingerprint density at radius 3 is 2.16 bits per heavy atom. The van der Waals surface area contributed by atoms with E-state index >= 15 is 0 Å². The molecular formula is C21H17Cl2N5O3. The van der Waals surface area contributed by atoms with Crippen LogP contribution in [0.15, 0.2) is 60.8 Å². The van der Waals surface area contributed by atoms with Gasteiger partial charge in [0.2, 0.25) is 0 Å². The molecule has 0 aliphatic heterocycles. The summed E-state index contributed by atoms with van der Waals surface area (Å²) in [5.74, 6) is -0.412. The van der Waals surface area contributed by atoms with E-state index in [0.717, 1.165) is 0 Å². The van der Waals surface area contributed by atoms with Gasteiger partial charge < -0.3 is 21.3 Å². The highest BCUT2D eigenvalue weighted by atomic mass is 35.5. The molecule has 158 valence electrons. The Bertz CT molecular complexity index is 1140. The molecule has 10 heteroatoms. The van der Waals surface area contributed by atoms with Gasteiger partial charge in [-0.05, 0) is 48.5 Å². The molecule has 0 spiro atoms. The molecule has 2 aromatic carbocycles. The van der Waals surface area contributed by atoms with Crippen molar-refractivity contribution in [2.45, 2.75) is 0 Å². The summed E-state index contributed by atoms with van der Waals surface area (Å²) in [7, 11) is 1.52. The molecular weight excluding hydrogens is 441 g/mol. The van der Waals surface area contributed by atoms with Crippen LogP contribution in [0.25, 0.3) is 0 Å². The number of anilines is 3. The van der Waals surface area contributed by atoms with E-state index in [0.29, 0.717) is 32.5 Å². The number of hydrogen-bond donors (Lipinski definition) is 4. The molecule has 1 heterocycles. The van der Waals surface area contributed by atoms with Crippen molar-refractivity contribution in [1.82, 2.24) is 10.3 Å². The molecule has 0 bridgehead atoms. The molecule has 0 aliphatic rings. The first-order valence-electron chi connectivity index (χ1n) is 8.98. The van der Waals surface area contributed by atoms with Crippen molar-refractivity contribution in [2.75, 3.05) is 23.0 Å². The van der Waals surface area contributed by atoms with Gasteiger partial charge in [-0.2, -0.15) is 0 Å². The molecule has 0 radical (unpaired) electrons. The number of urea groups is 1. The van der Waals surface area contributed by atoms with Crippen LogP contribution in [-0.2, 0) is 0 Å². The second-order valence-electron chi connectivity index (χ2n) is 6.25. The van der Waals surface area contributed by atoms with Crippen LogP contribution in [0.2, 0.25) is 10.0 Å². The summed E-state index contributed by atoms with van der Waals surface area (Å²) in [6, 6.07) is 13.6. The predicted molar refractivity (Wildman–Crippen MR) is 121 cm³/mol. The van der Waals surface area contributed by atoms with Crippen LogP contribution in [0.1, 0.15) is 20.7 Å². The van der Waals surface area contributed by atoms with Crippen LogP contribution in [0.5, 0.6) is 0 Å². The first-order chi connectivity index (χ1) is 14.9. The Labute approximate surface area is 188 Å². The number of aromatic nitrogens is 1. The van der Waals surface area contributed by atoms with Gasteiger partial charge in [-0.25, -0.2) is 9.78 Å². The van der Waals surface area contributed by atoms with Crippen LogP contribution >= 0.6 is 23.2 Å². The van der Waals surface area contributed by atoms with E-state index in [1.807, 2.05) is 0 Å². The topological polar surface area (TPSA) is 112 Å². The number of pyridine rings is 1. The zero-order valence-corrected chi connectivity index (χ0v) is 17.7. The summed E-state index contributed by atoms with van der Waals surface area (Å²) < 4.78 is 0. The normalized spacial score (nSPS) is 10.2. The average molecular weight is 458 g/mol. The number of amides is 4. The van der Waals surface area contributed by atoms with Crippen molar-refractivity contribution in [1.29, 1.82) is 0 Å². The van der Waals surface area contributed by atoms with E-state index in [-0.39, 0.29) is 11.7 Å². The minimum absolute atomic E-state index is 0.275. The van der Waals surface area contributed by atoms with Crippen LogP contribution in [0.4, 0.5) is 22.0 Å². The minimum Gasteiger partial charge on any atom is -0.355 e. The number of carbonyl (C=O) groups is 3. The van der Waals surface area contributed by atoms with Gasteiger partial charge in [0.1, 0.15) is 5.82 Å². The molecule has 0 aliphatic carbocycles.